The zero-order valence-corrected chi connectivity index (χ0v) is 22.3. The molecule has 0 bridgehead atoms. The highest BCUT2D eigenvalue weighted by Crippen LogP contribution is 2.49. The predicted octanol–water partition coefficient (Wildman–Crippen LogP) is 5.53. The van der Waals surface area contributed by atoms with E-state index in [9.17, 15) is 4.79 Å². The lowest BCUT2D eigenvalue weighted by atomic mass is 9.64. The number of aromatic nitrogens is 7. The summed E-state index contributed by atoms with van der Waals surface area (Å²) in [6.45, 7) is 9.53. The number of nitrogens with one attached hydrogen (secondary N) is 1. The van der Waals surface area contributed by atoms with Crippen LogP contribution in [0.1, 0.15) is 70.7 Å². The number of hydrogen-bond acceptors (Lipinski definition) is 5. The first-order valence-electron chi connectivity index (χ1n) is 13.6. The molecule has 37 heavy (non-hydrogen) atoms. The topological polar surface area (TPSA) is 94.3 Å². The number of tetrazole rings is 1. The zero-order chi connectivity index (χ0) is 25.9. The summed E-state index contributed by atoms with van der Waals surface area (Å²) in [5.41, 5.74) is 5.31. The fourth-order valence-electron chi connectivity index (χ4n) is 5.87. The van der Waals surface area contributed by atoms with Crippen molar-refractivity contribution in [1.29, 1.82) is 0 Å². The van der Waals surface area contributed by atoms with Gasteiger partial charge < -0.3 is 0 Å². The molecule has 3 heterocycles. The minimum absolute atomic E-state index is 0.113. The zero-order valence-electron chi connectivity index (χ0n) is 22.3. The maximum Gasteiger partial charge on any atom is 0.328 e. The molecule has 8 heteroatoms. The average Bonchev–Trinajstić information content (AvgIpc) is 3.53. The van der Waals surface area contributed by atoms with Gasteiger partial charge in [0.2, 0.25) is 5.82 Å². The molecular formula is C29H37N7O. The predicted molar refractivity (Wildman–Crippen MR) is 145 cm³/mol. The molecule has 0 saturated heterocycles. The number of rotatable bonds is 10. The monoisotopic (exact) mass is 499 g/mol. The van der Waals surface area contributed by atoms with E-state index in [0.29, 0.717) is 36.2 Å². The third-order valence-corrected chi connectivity index (χ3v) is 8.10. The summed E-state index contributed by atoms with van der Waals surface area (Å²) in [6.07, 6.45) is 11.3. The van der Waals surface area contributed by atoms with Gasteiger partial charge in [-0.1, -0.05) is 64.8 Å². The highest BCUT2D eigenvalue weighted by Gasteiger charge is 2.43. The second-order valence-electron chi connectivity index (χ2n) is 10.6. The van der Waals surface area contributed by atoms with Gasteiger partial charge in [0.1, 0.15) is 0 Å². The van der Waals surface area contributed by atoms with Crippen LogP contribution in [0.15, 0.2) is 53.7 Å². The van der Waals surface area contributed by atoms with E-state index in [-0.39, 0.29) is 5.69 Å². The number of nitrogens with zero attached hydrogens (tertiary/aromatic N) is 6. The minimum atomic E-state index is 0.113. The van der Waals surface area contributed by atoms with E-state index in [1.807, 2.05) is 35.2 Å². The summed E-state index contributed by atoms with van der Waals surface area (Å²) in [5, 5.41) is 14.3. The second-order valence-corrected chi connectivity index (χ2v) is 10.6. The molecule has 194 valence electrons. The Balaban J connectivity index is 1.50. The first-order chi connectivity index (χ1) is 18.0. The van der Waals surface area contributed by atoms with E-state index in [1.165, 1.54) is 6.42 Å². The fourth-order valence-corrected chi connectivity index (χ4v) is 5.87. The summed E-state index contributed by atoms with van der Waals surface area (Å²) in [6, 6.07) is 10.4. The van der Waals surface area contributed by atoms with E-state index in [1.54, 1.807) is 0 Å². The number of benzene rings is 1. The third kappa shape index (κ3) is 4.89. The SMILES string of the molecule is CCCCc1cn(C2C(CC)CC2C(C)C)c(=O)n1Cc1cnccc1-c1ccc(-c2nn[nH]n2)cc1. The molecule has 1 aromatic carbocycles. The van der Waals surface area contributed by atoms with Crippen LogP contribution in [-0.4, -0.2) is 34.7 Å². The molecular weight excluding hydrogens is 462 g/mol. The highest BCUT2D eigenvalue weighted by atomic mass is 16.1. The molecule has 4 aromatic rings. The number of aryl methyl sites for hydroxylation is 1. The summed E-state index contributed by atoms with van der Waals surface area (Å²) in [4.78, 5) is 18.3. The molecule has 0 amide bonds. The van der Waals surface area contributed by atoms with Crippen molar-refractivity contribution < 1.29 is 0 Å². The lowest BCUT2D eigenvalue weighted by Gasteiger charge is -2.47. The molecule has 5 rings (SSSR count). The first-order valence-corrected chi connectivity index (χ1v) is 13.6. The van der Waals surface area contributed by atoms with Crippen LogP contribution in [0, 0.1) is 17.8 Å². The van der Waals surface area contributed by atoms with Gasteiger partial charge in [0.15, 0.2) is 0 Å². The molecule has 1 saturated carbocycles. The number of H-pyrrole nitrogens is 1. The Morgan fingerprint density at radius 1 is 1.11 bits per heavy atom. The van der Waals surface area contributed by atoms with E-state index < -0.39 is 0 Å². The Kier molecular flexibility index (Phi) is 7.35. The van der Waals surface area contributed by atoms with Gasteiger partial charge in [-0.25, -0.2) is 4.79 Å². The number of imidazole rings is 1. The number of aromatic amines is 1. The first kappa shape index (κ1) is 25.1. The lowest BCUT2D eigenvalue weighted by Crippen LogP contribution is -2.45. The summed E-state index contributed by atoms with van der Waals surface area (Å²) < 4.78 is 4.06. The van der Waals surface area contributed by atoms with E-state index in [4.69, 9.17) is 0 Å². The van der Waals surface area contributed by atoms with Crippen molar-refractivity contribution in [2.24, 2.45) is 17.8 Å². The molecule has 0 radical (unpaired) electrons. The second kappa shape index (κ2) is 10.8. The lowest BCUT2D eigenvalue weighted by molar-refractivity contribution is 0.0391. The quantitative estimate of drug-likeness (QED) is 0.310. The molecule has 8 nitrogen and oxygen atoms in total. The molecule has 1 aliphatic rings. The smallest absolute Gasteiger partial charge is 0.295 e. The molecule has 3 unspecified atom stereocenters. The van der Waals surface area contributed by atoms with Crippen molar-refractivity contribution in [3.05, 3.63) is 70.7 Å². The molecule has 3 aromatic heterocycles. The number of unbranched alkanes of at least 4 members (excludes halogenated alkanes) is 1. The van der Waals surface area contributed by atoms with Crippen LogP contribution in [0.4, 0.5) is 0 Å². The molecule has 0 spiro atoms. The Bertz CT molecular complexity index is 1370. The highest BCUT2D eigenvalue weighted by molar-refractivity contribution is 5.69. The van der Waals surface area contributed by atoms with Gasteiger partial charge in [-0.15, -0.1) is 10.2 Å². The summed E-state index contributed by atoms with van der Waals surface area (Å²) >= 11 is 0. The maximum atomic E-state index is 13.9. The van der Waals surface area contributed by atoms with Gasteiger partial charge in [0.25, 0.3) is 0 Å². The molecule has 3 atom stereocenters. The van der Waals surface area contributed by atoms with Gasteiger partial charge in [-0.2, -0.15) is 5.21 Å². The van der Waals surface area contributed by atoms with Crippen molar-refractivity contribution in [2.75, 3.05) is 0 Å². The van der Waals surface area contributed by atoms with E-state index in [0.717, 1.165) is 53.6 Å². The average molecular weight is 500 g/mol. The third-order valence-electron chi connectivity index (χ3n) is 8.10. The van der Waals surface area contributed by atoms with Gasteiger partial charge in [-0.3, -0.25) is 14.1 Å². The van der Waals surface area contributed by atoms with Crippen molar-refractivity contribution in [3.63, 3.8) is 0 Å². The molecule has 0 aliphatic heterocycles. The largest absolute Gasteiger partial charge is 0.328 e. The Morgan fingerprint density at radius 3 is 2.57 bits per heavy atom. The van der Waals surface area contributed by atoms with Crippen LogP contribution in [0.25, 0.3) is 22.5 Å². The number of pyridine rings is 1. The van der Waals surface area contributed by atoms with Crippen molar-refractivity contribution in [1.82, 2.24) is 34.7 Å². The van der Waals surface area contributed by atoms with Crippen molar-refractivity contribution in [3.8, 4) is 22.5 Å². The fraction of sp³-hybridized carbons (Fsp3) is 0.483. The van der Waals surface area contributed by atoms with Crippen LogP contribution in [0.3, 0.4) is 0 Å². The van der Waals surface area contributed by atoms with Gasteiger partial charge in [0.05, 0.1) is 6.54 Å². The summed E-state index contributed by atoms with van der Waals surface area (Å²) in [7, 11) is 0. The van der Waals surface area contributed by atoms with Gasteiger partial charge >= 0.3 is 5.69 Å². The van der Waals surface area contributed by atoms with Crippen molar-refractivity contribution >= 4 is 0 Å². The Morgan fingerprint density at radius 2 is 1.89 bits per heavy atom. The maximum absolute atomic E-state index is 13.9. The Labute approximate surface area is 218 Å². The van der Waals surface area contributed by atoms with Gasteiger partial charge in [0, 0.05) is 35.9 Å². The van der Waals surface area contributed by atoms with Crippen LogP contribution < -0.4 is 5.69 Å². The van der Waals surface area contributed by atoms with Crippen LogP contribution in [0.2, 0.25) is 0 Å². The van der Waals surface area contributed by atoms with E-state index >= 15 is 0 Å². The molecule has 1 aliphatic carbocycles. The number of hydrogen-bond donors (Lipinski definition) is 1. The normalized spacial score (nSPS) is 19.3. The van der Waals surface area contributed by atoms with Crippen LogP contribution in [-0.2, 0) is 13.0 Å². The molecule has 1 fully saturated rings. The standard InChI is InChI=1S/C29H37N7O/c1-5-7-8-24-18-36(27-20(6-2)15-26(27)19(3)4)29(37)35(24)17-23-16-30-14-13-25(23)21-9-11-22(12-10-21)28-31-33-34-32-28/h9-14,16,18-20,26-27H,5-8,15,17H2,1-4H3,(H,31,32,33,34). The minimum Gasteiger partial charge on any atom is -0.295 e. The van der Waals surface area contributed by atoms with Crippen molar-refractivity contribution in [2.45, 2.75) is 72.4 Å². The van der Waals surface area contributed by atoms with Crippen LogP contribution >= 0.6 is 0 Å². The van der Waals surface area contributed by atoms with E-state index in [2.05, 4.69) is 76.2 Å². The molecule has 1 N–H and O–H groups in total. The van der Waals surface area contributed by atoms with Gasteiger partial charge in [-0.05, 0) is 65.0 Å². The Hall–Kier alpha value is -3.55. The summed E-state index contributed by atoms with van der Waals surface area (Å²) in [5.74, 6) is 2.27. The van der Waals surface area contributed by atoms with Crippen LogP contribution in [0.5, 0.6) is 0 Å².